The Bertz CT molecular complexity index is 601. The van der Waals surface area contributed by atoms with E-state index in [-0.39, 0.29) is 30.3 Å². The maximum atomic E-state index is 13.0. The van der Waals surface area contributed by atoms with Crippen molar-refractivity contribution in [3.63, 3.8) is 0 Å². The second-order valence-corrected chi connectivity index (χ2v) is 6.88. The van der Waals surface area contributed by atoms with Crippen LogP contribution in [0.3, 0.4) is 0 Å². The second-order valence-electron chi connectivity index (χ2n) is 6.88. The fourth-order valence-corrected chi connectivity index (χ4v) is 2.68. The molecule has 26 heavy (non-hydrogen) atoms. The highest BCUT2D eigenvalue weighted by Gasteiger charge is 2.31. The minimum absolute atomic E-state index is 0.0792. The number of hydrogen-bond donors (Lipinski definition) is 2. The molecule has 2 atom stereocenters. The highest BCUT2D eigenvalue weighted by atomic mass is 16.5. The van der Waals surface area contributed by atoms with Crippen molar-refractivity contribution < 1.29 is 19.6 Å². The first-order chi connectivity index (χ1) is 12.3. The Balaban J connectivity index is 2.93. The molecule has 0 aromatic carbocycles. The quantitative estimate of drug-likeness (QED) is 0.357. The summed E-state index contributed by atoms with van der Waals surface area (Å²) in [7, 11) is 0. The Labute approximate surface area is 154 Å². The number of Topliss-reactive ketones (excluding diaryl/α,β-unsaturated/α-hetero) is 1. The van der Waals surface area contributed by atoms with Gasteiger partial charge in [0.2, 0.25) is 6.41 Å². The smallest absolute Gasteiger partial charge is 0.270 e. The predicted molar refractivity (Wildman–Crippen MR) is 97.6 cm³/mol. The molecule has 0 saturated carbocycles. The lowest BCUT2D eigenvalue weighted by Crippen LogP contribution is -2.48. The minimum Gasteiger partial charge on any atom is -0.341 e. The molecule has 0 spiro atoms. The number of ketones is 1. The summed E-state index contributed by atoms with van der Waals surface area (Å²) in [5.41, 5.74) is 1.19. The number of hydroxylamine groups is 2. The van der Waals surface area contributed by atoms with Crippen molar-refractivity contribution in [3.8, 4) is 0 Å². The van der Waals surface area contributed by atoms with Crippen molar-refractivity contribution in [2.24, 2.45) is 11.8 Å². The highest BCUT2D eigenvalue weighted by molar-refractivity contribution is 5.97. The molecule has 0 radical (unpaired) electrons. The molecule has 2 N–H and O–H groups in total. The number of aromatic nitrogens is 1. The van der Waals surface area contributed by atoms with Crippen molar-refractivity contribution in [3.05, 3.63) is 29.6 Å². The van der Waals surface area contributed by atoms with Gasteiger partial charge in [0.05, 0.1) is 12.6 Å². The zero-order valence-corrected chi connectivity index (χ0v) is 15.9. The third-order valence-electron chi connectivity index (χ3n) is 4.24. The maximum Gasteiger partial charge on any atom is 0.270 e. The summed E-state index contributed by atoms with van der Waals surface area (Å²) in [5.74, 6) is -1.27. The monoisotopic (exact) mass is 363 g/mol. The number of nitrogens with one attached hydrogen (secondary N) is 1. The molecule has 0 fully saturated rings. The lowest BCUT2D eigenvalue weighted by atomic mass is 9.87. The van der Waals surface area contributed by atoms with Crippen molar-refractivity contribution >= 4 is 18.1 Å². The van der Waals surface area contributed by atoms with Crippen LogP contribution in [0.4, 0.5) is 0 Å². The van der Waals surface area contributed by atoms with E-state index < -0.39 is 17.9 Å². The lowest BCUT2D eigenvalue weighted by Gasteiger charge is -2.27. The fraction of sp³-hybridized carbons (Fsp3) is 0.579. The van der Waals surface area contributed by atoms with Crippen molar-refractivity contribution in [1.29, 1.82) is 0 Å². The maximum absolute atomic E-state index is 13.0. The van der Waals surface area contributed by atoms with E-state index in [1.54, 1.807) is 18.3 Å². The molecular weight excluding hydrogens is 334 g/mol. The van der Waals surface area contributed by atoms with Gasteiger partial charge in [-0.05, 0) is 30.9 Å². The Morgan fingerprint density at radius 3 is 2.54 bits per heavy atom. The molecule has 0 unspecified atom stereocenters. The van der Waals surface area contributed by atoms with Crippen LogP contribution in [-0.4, -0.2) is 45.9 Å². The molecular formula is C19H29N3O4. The lowest BCUT2D eigenvalue weighted by molar-refractivity contribution is -0.154. The van der Waals surface area contributed by atoms with E-state index in [1.807, 2.05) is 27.7 Å². The van der Waals surface area contributed by atoms with Crippen LogP contribution in [0.5, 0.6) is 0 Å². The highest BCUT2D eigenvalue weighted by Crippen LogP contribution is 2.17. The zero-order chi connectivity index (χ0) is 19.7. The van der Waals surface area contributed by atoms with E-state index in [0.29, 0.717) is 11.5 Å². The van der Waals surface area contributed by atoms with Gasteiger partial charge in [-0.2, -0.15) is 0 Å². The van der Waals surface area contributed by atoms with Gasteiger partial charge in [-0.25, -0.2) is 5.06 Å². The van der Waals surface area contributed by atoms with Gasteiger partial charge in [0.15, 0.2) is 5.78 Å². The molecule has 7 nitrogen and oxygen atoms in total. The number of aryl methyl sites for hydroxylation is 1. The number of carbonyl (C=O) groups excluding carboxylic acids is 3. The van der Waals surface area contributed by atoms with Gasteiger partial charge in [0, 0.05) is 12.1 Å². The van der Waals surface area contributed by atoms with Crippen LogP contribution in [0.2, 0.25) is 0 Å². The van der Waals surface area contributed by atoms with Crippen LogP contribution in [0.25, 0.3) is 0 Å². The molecule has 0 aliphatic rings. The second kappa shape index (κ2) is 10.7. The van der Waals surface area contributed by atoms with Gasteiger partial charge >= 0.3 is 0 Å². The van der Waals surface area contributed by atoms with Crippen LogP contribution in [0, 0.1) is 18.8 Å². The molecule has 0 bridgehead atoms. The summed E-state index contributed by atoms with van der Waals surface area (Å²) in [5, 5.41) is 12.7. The molecule has 0 aliphatic heterocycles. The minimum atomic E-state index is -0.715. The Morgan fingerprint density at radius 2 is 2.04 bits per heavy atom. The van der Waals surface area contributed by atoms with E-state index >= 15 is 0 Å². The van der Waals surface area contributed by atoms with Crippen LogP contribution >= 0.6 is 0 Å². The summed E-state index contributed by atoms with van der Waals surface area (Å²) in [4.78, 5) is 40.2. The fourth-order valence-electron chi connectivity index (χ4n) is 2.68. The summed E-state index contributed by atoms with van der Waals surface area (Å²) in [6.45, 7) is 7.49. The van der Waals surface area contributed by atoms with Gasteiger partial charge in [-0.1, -0.05) is 39.7 Å². The Kier molecular flexibility index (Phi) is 8.92. The van der Waals surface area contributed by atoms with E-state index in [9.17, 15) is 19.6 Å². The van der Waals surface area contributed by atoms with E-state index in [4.69, 9.17) is 0 Å². The number of rotatable bonds is 11. The van der Waals surface area contributed by atoms with Crippen molar-refractivity contribution in [2.45, 2.75) is 53.0 Å². The molecule has 0 aliphatic carbocycles. The molecule has 144 valence electrons. The van der Waals surface area contributed by atoms with Crippen LogP contribution in [0.15, 0.2) is 18.3 Å². The molecule has 1 aromatic rings. The molecule has 7 heteroatoms. The number of amides is 2. The first kappa shape index (κ1) is 21.8. The van der Waals surface area contributed by atoms with Crippen LogP contribution in [-0.2, 0) is 9.59 Å². The van der Waals surface area contributed by atoms with Crippen LogP contribution in [0.1, 0.15) is 56.1 Å². The molecule has 1 aromatic heterocycles. The number of carbonyl (C=O) groups is 3. The third kappa shape index (κ3) is 6.55. The standard InChI is InChI=1S/C19H29N3O4/c1-5-6-7-15(11-22(26)12-23)18(24)17(13(2)3)21-19(25)16-9-8-14(4)10-20-16/h8-10,12-13,15,17,26H,5-7,11H2,1-4H3,(H,21,25)/t15-,17+/m1/s1. The summed E-state index contributed by atoms with van der Waals surface area (Å²) < 4.78 is 0. The third-order valence-corrected chi connectivity index (χ3v) is 4.24. The van der Waals surface area contributed by atoms with Gasteiger partial charge in [0.1, 0.15) is 5.69 Å². The average molecular weight is 363 g/mol. The van der Waals surface area contributed by atoms with Crippen LogP contribution < -0.4 is 5.32 Å². The van der Waals surface area contributed by atoms with Gasteiger partial charge in [-0.15, -0.1) is 0 Å². The SMILES string of the molecule is CCCC[C@H](CN(O)C=O)C(=O)[C@@H](NC(=O)c1ccc(C)cn1)C(C)C. The van der Waals surface area contributed by atoms with Crippen molar-refractivity contribution in [1.82, 2.24) is 15.4 Å². The number of nitrogens with zero attached hydrogens (tertiary/aromatic N) is 2. The van der Waals surface area contributed by atoms with Gasteiger partial charge in [-0.3, -0.25) is 24.6 Å². The number of pyridine rings is 1. The molecule has 1 heterocycles. The van der Waals surface area contributed by atoms with E-state index in [0.717, 1.165) is 18.4 Å². The van der Waals surface area contributed by atoms with E-state index in [2.05, 4.69) is 10.3 Å². The average Bonchev–Trinajstić information content (AvgIpc) is 2.62. The molecule has 2 amide bonds. The molecule has 1 rings (SSSR count). The summed E-state index contributed by atoms with van der Waals surface area (Å²) >= 11 is 0. The number of unbranched alkanes of at least 4 members (excludes halogenated alkanes) is 1. The first-order valence-electron chi connectivity index (χ1n) is 8.98. The largest absolute Gasteiger partial charge is 0.341 e. The van der Waals surface area contributed by atoms with Gasteiger partial charge in [0.25, 0.3) is 5.91 Å². The number of hydrogen-bond acceptors (Lipinski definition) is 5. The zero-order valence-electron chi connectivity index (χ0n) is 15.9. The van der Waals surface area contributed by atoms with Crippen molar-refractivity contribution in [2.75, 3.05) is 6.54 Å². The topological polar surface area (TPSA) is 99.6 Å². The first-order valence-corrected chi connectivity index (χ1v) is 8.98. The Hall–Kier alpha value is -2.28. The van der Waals surface area contributed by atoms with E-state index in [1.165, 1.54) is 0 Å². The Morgan fingerprint density at radius 1 is 1.35 bits per heavy atom. The van der Waals surface area contributed by atoms with Gasteiger partial charge < -0.3 is 5.32 Å². The summed E-state index contributed by atoms with van der Waals surface area (Å²) in [6.07, 6.45) is 4.11. The normalized spacial score (nSPS) is 13.2. The predicted octanol–water partition coefficient (Wildman–Crippen LogP) is 2.37. The molecule has 0 saturated heterocycles. The summed E-state index contributed by atoms with van der Waals surface area (Å²) in [6, 6.07) is 2.68.